The van der Waals surface area contributed by atoms with Gasteiger partial charge in [0.1, 0.15) is 0 Å². The number of hydrogen-bond donors (Lipinski definition) is 1. The van der Waals surface area contributed by atoms with Gasteiger partial charge in [-0.2, -0.15) is 0 Å². The van der Waals surface area contributed by atoms with Crippen LogP contribution in [0, 0.1) is 5.41 Å². The average molecular weight is 252 g/mol. The lowest BCUT2D eigenvalue weighted by Crippen LogP contribution is -2.41. The Labute approximate surface area is 114 Å². The van der Waals surface area contributed by atoms with Gasteiger partial charge in [0.05, 0.1) is 0 Å². The topological polar surface area (TPSA) is 15.3 Å². The van der Waals surface area contributed by atoms with Crippen molar-refractivity contribution in [3.05, 3.63) is 0 Å². The molecule has 2 aliphatic rings. The molecule has 0 atom stereocenters. The van der Waals surface area contributed by atoms with Crippen LogP contribution < -0.4 is 5.32 Å². The molecular weight excluding hydrogens is 220 g/mol. The lowest BCUT2D eigenvalue weighted by atomic mass is 9.71. The van der Waals surface area contributed by atoms with E-state index in [4.69, 9.17) is 0 Å². The standard InChI is InChI=1S/C16H32N2/c1-14(2)18(3)13-12-17-15-6-10-16(11-7-15)8-4-5-9-16/h14-15,17H,4-13H2,1-3H3. The first-order valence-corrected chi connectivity index (χ1v) is 8.05. The lowest BCUT2D eigenvalue weighted by Gasteiger charge is -2.38. The van der Waals surface area contributed by atoms with E-state index < -0.39 is 0 Å². The van der Waals surface area contributed by atoms with Crippen LogP contribution in [0.3, 0.4) is 0 Å². The van der Waals surface area contributed by atoms with Crippen LogP contribution >= 0.6 is 0 Å². The van der Waals surface area contributed by atoms with Gasteiger partial charge in [-0.1, -0.05) is 12.8 Å². The Morgan fingerprint density at radius 3 is 2.28 bits per heavy atom. The fourth-order valence-corrected chi connectivity index (χ4v) is 3.76. The summed E-state index contributed by atoms with van der Waals surface area (Å²) in [6.07, 6.45) is 11.9. The molecule has 0 bridgehead atoms. The fourth-order valence-electron chi connectivity index (χ4n) is 3.76. The molecule has 2 heteroatoms. The van der Waals surface area contributed by atoms with Crippen LogP contribution in [0.5, 0.6) is 0 Å². The van der Waals surface area contributed by atoms with Gasteiger partial charge in [0, 0.05) is 25.2 Å². The zero-order chi connectivity index (χ0) is 13.0. The predicted molar refractivity (Wildman–Crippen MR) is 78.9 cm³/mol. The zero-order valence-electron chi connectivity index (χ0n) is 12.7. The van der Waals surface area contributed by atoms with E-state index in [1.165, 1.54) is 57.9 Å². The van der Waals surface area contributed by atoms with Crippen molar-refractivity contribution in [1.29, 1.82) is 0 Å². The molecule has 0 aromatic heterocycles. The summed E-state index contributed by atoms with van der Waals surface area (Å²) >= 11 is 0. The molecule has 1 N–H and O–H groups in total. The largest absolute Gasteiger partial charge is 0.313 e. The highest BCUT2D eigenvalue weighted by Crippen LogP contribution is 2.48. The van der Waals surface area contributed by atoms with Crippen LogP contribution in [-0.2, 0) is 0 Å². The fraction of sp³-hybridized carbons (Fsp3) is 1.00. The van der Waals surface area contributed by atoms with Gasteiger partial charge in [-0.25, -0.2) is 0 Å². The third-order valence-electron chi connectivity index (χ3n) is 5.49. The van der Waals surface area contributed by atoms with Gasteiger partial charge in [-0.05, 0) is 64.8 Å². The molecule has 0 radical (unpaired) electrons. The van der Waals surface area contributed by atoms with E-state index in [0.717, 1.165) is 18.0 Å². The molecule has 2 saturated carbocycles. The van der Waals surface area contributed by atoms with Crippen LogP contribution in [0.2, 0.25) is 0 Å². The van der Waals surface area contributed by atoms with Crippen molar-refractivity contribution in [3.8, 4) is 0 Å². The third-order valence-corrected chi connectivity index (χ3v) is 5.49. The maximum absolute atomic E-state index is 3.77. The highest BCUT2D eigenvalue weighted by atomic mass is 15.1. The normalized spacial score (nSPS) is 24.5. The Morgan fingerprint density at radius 1 is 1.11 bits per heavy atom. The molecule has 2 aliphatic carbocycles. The summed E-state index contributed by atoms with van der Waals surface area (Å²) in [4.78, 5) is 2.42. The maximum atomic E-state index is 3.77. The molecule has 106 valence electrons. The van der Waals surface area contributed by atoms with E-state index in [2.05, 4.69) is 31.1 Å². The average Bonchev–Trinajstić information content (AvgIpc) is 2.80. The number of rotatable bonds is 5. The van der Waals surface area contributed by atoms with Crippen LogP contribution in [0.4, 0.5) is 0 Å². The molecule has 18 heavy (non-hydrogen) atoms. The Morgan fingerprint density at radius 2 is 1.72 bits per heavy atom. The van der Waals surface area contributed by atoms with Crippen molar-refractivity contribution in [2.45, 2.75) is 77.3 Å². The van der Waals surface area contributed by atoms with Gasteiger partial charge in [0.25, 0.3) is 0 Å². The minimum Gasteiger partial charge on any atom is -0.313 e. The van der Waals surface area contributed by atoms with Crippen molar-refractivity contribution in [2.24, 2.45) is 5.41 Å². The molecule has 0 aromatic carbocycles. The van der Waals surface area contributed by atoms with Crippen molar-refractivity contribution in [1.82, 2.24) is 10.2 Å². The molecule has 0 heterocycles. The van der Waals surface area contributed by atoms with Crippen LogP contribution in [-0.4, -0.2) is 37.1 Å². The van der Waals surface area contributed by atoms with Gasteiger partial charge in [-0.15, -0.1) is 0 Å². The summed E-state index contributed by atoms with van der Waals surface area (Å²) in [6, 6.07) is 1.47. The van der Waals surface area contributed by atoms with Gasteiger partial charge >= 0.3 is 0 Å². The molecule has 0 aromatic rings. The van der Waals surface area contributed by atoms with Crippen molar-refractivity contribution >= 4 is 0 Å². The quantitative estimate of drug-likeness (QED) is 0.806. The van der Waals surface area contributed by atoms with Gasteiger partial charge in [0.2, 0.25) is 0 Å². The molecular formula is C16H32N2. The van der Waals surface area contributed by atoms with Gasteiger partial charge in [0.15, 0.2) is 0 Å². The number of hydrogen-bond acceptors (Lipinski definition) is 2. The van der Waals surface area contributed by atoms with E-state index in [-0.39, 0.29) is 0 Å². The van der Waals surface area contributed by atoms with Crippen LogP contribution in [0.15, 0.2) is 0 Å². The Hall–Kier alpha value is -0.0800. The Bertz CT molecular complexity index is 233. The minimum absolute atomic E-state index is 0.667. The van der Waals surface area contributed by atoms with E-state index in [1.807, 2.05) is 0 Å². The number of nitrogens with one attached hydrogen (secondary N) is 1. The van der Waals surface area contributed by atoms with E-state index in [1.54, 1.807) is 0 Å². The molecule has 2 rings (SSSR count). The smallest absolute Gasteiger partial charge is 0.0107 e. The molecule has 0 amide bonds. The minimum atomic E-state index is 0.667. The Balaban J connectivity index is 1.62. The van der Waals surface area contributed by atoms with Crippen molar-refractivity contribution < 1.29 is 0 Å². The first-order valence-electron chi connectivity index (χ1n) is 8.05. The molecule has 0 aliphatic heterocycles. The number of likely N-dealkylation sites (N-methyl/N-ethyl adjacent to an activating group) is 1. The van der Waals surface area contributed by atoms with Gasteiger partial charge in [-0.3, -0.25) is 0 Å². The molecule has 0 saturated heterocycles. The predicted octanol–water partition coefficient (Wildman–Crippen LogP) is 3.42. The third kappa shape index (κ3) is 3.71. The molecule has 1 spiro atoms. The van der Waals surface area contributed by atoms with Crippen molar-refractivity contribution in [2.75, 3.05) is 20.1 Å². The van der Waals surface area contributed by atoms with E-state index in [9.17, 15) is 0 Å². The summed E-state index contributed by atoms with van der Waals surface area (Å²) < 4.78 is 0. The highest BCUT2D eigenvalue weighted by molar-refractivity contribution is 4.91. The Kier molecular flexibility index (Phi) is 5.08. The summed E-state index contributed by atoms with van der Waals surface area (Å²) in [6.45, 7) is 6.88. The summed E-state index contributed by atoms with van der Waals surface area (Å²) in [7, 11) is 2.22. The SMILES string of the molecule is CC(C)N(C)CCNC1CCC2(CCCC2)CC1. The second kappa shape index (κ2) is 6.38. The monoisotopic (exact) mass is 252 g/mol. The van der Waals surface area contributed by atoms with Crippen molar-refractivity contribution in [3.63, 3.8) is 0 Å². The number of nitrogens with zero attached hydrogens (tertiary/aromatic N) is 1. The van der Waals surface area contributed by atoms with Crippen LogP contribution in [0.1, 0.15) is 65.2 Å². The second-order valence-corrected chi connectivity index (χ2v) is 7.01. The summed E-state index contributed by atoms with van der Waals surface area (Å²) in [5.74, 6) is 0. The van der Waals surface area contributed by atoms with E-state index >= 15 is 0 Å². The molecule has 2 nitrogen and oxygen atoms in total. The second-order valence-electron chi connectivity index (χ2n) is 7.01. The van der Waals surface area contributed by atoms with Crippen LogP contribution in [0.25, 0.3) is 0 Å². The van der Waals surface area contributed by atoms with Gasteiger partial charge < -0.3 is 10.2 Å². The lowest BCUT2D eigenvalue weighted by molar-refractivity contribution is 0.165. The zero-order valence-corrected chi connectivity index (χ0v) is 12.7. The first-order chi connectivity index (χ1) is 8.61. The van der Waals surface area contributed by atoms with E-state index in [0.29, 0.717) is 6.04 Å². The summed E-state index contributed by atoms with van der Waals surface area (Å²) in [5.41, 5.74) is 0.785. The first kappa shape index (κ1) is 14.3. The highest BCUT2D eigenvalue weighted by Gasteiger charge is 2.37. The summed E-state index contributed by atoms with van der Waals surface area (Å²) in [5, 5.41) is 3.77. The molecule has 0 unspecified atom stereocenters. The maximum Gasteiger partial charge on any atom is 0.0107 e. The molecule has 2 fully saturated rings.